The number of ether oxygens (including phenoxy) is 1. The fourth-order valence-corrected chi connectivity index (χ4v) is 3.17. The number of nitrogens with two attached hydrogens (primary N) is 1. The van der Waals surface area contributed by atoms with Gasteiger partial charge >= 0.3 is 0 Å². The molecular weight excluding hydrogens is 304 g/mol. The van der Waals surface area contributed by atoms with Crippen molar-refractivity contribution in [3.05, 3.63) is 6.20 Å². The fourth-order valence-electron chi connectivity index (χ4n) is 3.17. The van der Waals surface area contributed by atoms with Gasteiger partial charge in [-0.05, 0) is 12.3 Å². The van der Waals surface area contributed by atoms with E-state index in [1.807, 2.05) is 7.05 Å². The summed E-state index contributed by atoms with van der Waals surface area (Å²) in [6, 6.07) is 0. The second kappa shape index (κ2) is 6.93. The second-order valence-electron chi connectivity index (χ2n) is 7.00. The summed E-state index contributed by atoms with van der Waals surface area (Å²) in [5.74, 6) is 1.62. The quantitative estimate of drug-likeness (QED) is 0.905. The van der Waals surface area contributed by atoms with E-state index in [-0.39, 0.29) is 12.2 Å². The van der Waals surface area contributed by atoms with Gasteiger partial charge < -0.3 is 15.4 Å². The second-order valence-corrected chi connectivity index (χ2v) is 7.00. The van der Waals surface area contributed by atoms with Crippen LogP contribution in [0.3, 0.4) is 0 Å². The van der Waals surface area contributed by atoms with E-state index in [9.17, 15) is 0 Å². The SMILES string of the molecule is CCCC[C@@H]1CN(c2nc(N)c3cnn(C)c3n2)C[C@H](C(C)C)O1. The molecule has 1 aliphatic rings. The molecule has 132 valence electrons. The van der Waals surface area contributed by atoms with E-state index in [4.69, 9.17) is 15.5 Å². The molecular formula is C17H28N6O. The molecule has 0 unspecified atom stereocenters. The molecule has 0 amide bonds. The van der Waals surface area contributed by atoms with E-state index in [0.29, 0.717) is 17.7 Å². The number of rotatable bonds is 5. The standard InChI is InChI=1S/C17H28N6O/c1-5-6-7-12-9-23(10-14(24-12)11(2)3)17-20-15(18)13-8-19-22(4)16(13)21-17/h8,11-12,14H,5-7,9-10H2,1-4H3,(H2,18,20,21)/t12-,14-/m1/s1. The predicted molar refractivity (Wildman–Crippen MR) is 96.0 cm³/mol. The van der Waals surface area contributed by atoms with Gasteiger partial charge in [0.1, 0.15) is 5.82 Å². The minimum absolute atomic E-state index is 0.188. The van der Waals surface area contributed by atoms with Crippen LogP contribution in [0.1, 0.15) is 40.0 Å². The van der Waals surface area contributed by atoms with Crippen LogP contribution in [-0.2, 0) is 11.8 Å². The van der Waals surface area contributed by atoms with E-state index in [1.165, 1.54) is 12.8 Å². The van der Waals surface area contributed by atoms with Crippen LogP contribution >= 0.6 is 0 Å². The number of anilines is 2. The molecule has 24 heavy (non-hydrogen) atoms. The van der Waals surface area contributed by atoms with Crippen LogP contribution in [0.4, 0.5) is 11.8 Å². The van der Waals surface area contributed by atoms with Crippen molar-refractivity contribution >= 4 is 22.8 Å². The first-order chi connectivity index (χ1) is 11.5. The summed E-state index contributed by atoms with van der Waals surface area (Å²) in [6.07, 6.45) is 5.55. The summed E-state index contributed by atoms with van der Waals surface area (Å²) in [4.78, 5) is 11.5. The number of unbranched alkanes of at least 4 members (excludes halogenated alkanes) is 1. The van der Waals surface area contributed by atoms with E-state index in [0.717, 1.165) is 30.5 Å². The molecule has 0 spiro atoms. The zero-order chi connectivity index (χ0) is 17.3. The number of hydrogen-bond donors (Lipinski definition) is 1. The van der Waals surface area contributed by atoms with Gasteiger partial charge in [0.25, 0.3) is 0 Å². The lowest BCUT2D eigenvalue weighted by atomic mass is 10.0. The fraction of sp³-hybridized carbons (Fsp3) is 0.706. The highest BCUT2D eigenvalue weighted by Crippen LogP contribution is 2.26. The Balaban J connectivity index is 1.89. The van der Waals surface area contributed by atoms with Crippen molar-refractivity contribution in [3.8, 4) is 0 Å². The molecule has 0 aromatic carbocycles. The number of aromatic nitrogens is 4. The third-order valence-corrected chi connectivity index (χ3v) is 4.71. The van der Waals surface area contributed by atoms with Gasteiger partial charge in [0.2, 0.25) is 5.95 Å². The lowest BCUT2D eigenvalue weighted by Crippen LogP contribution is -2.50. The van der Waals surface area contributed by atoms with Crippen molar-refractivity contribution in [1.29, 1.82) is 0 Å². The number of nitrogen functional groups attached to an aromatic ring is 1. The molecule has 0 saturated carbocycles. The largest absolute Gasteiger partial charge is 0.383 e. The molecule has 3 rings (SSSR count). The van der Waals surface area contributed by atoms with Crippen molar-refractivity contribution in [2.45, 2.75) is 52.2 Å². The molecule has 0 radical (unpaired) electrons. The summed E-state index contributed by atoms with van der Waals surface area (Å²) in [5, 5.41) is 5.04. The van der Waals surface area contributed by atoms with Crippen molar-refractivity contribution in [3.63, 3.8) is 0 Å². The molecule has 1 saturated heterocycles. The molecule has 1 aliphatic heterocycles. The van der Waals surface area contributed by atoms with Crippen LogP contribution < -0.4 is 10.6 Å². The summed E-state index contributed by atoms with van der Waals surface area (Å²) < 4.78 is 8.02. The number of hydrogen-bond acceptors (Lipinski definition) is 6. The van der Waals surface area contributed by atoms with Crippen molar-refractivity contribution < 1.29 is 4.74 Å². The average molecular weight is 332 g/mol. The lowest BCUT2D eigenvalue weighted by molar-refractivity contribution is -0.0523. The third-order valence-electron chi connectivity index (χ3n) is 4.71. The van der Waals surface area contributed by atoms with Crippen LogP contribution in [-0.4, -0.2) is 45.0 Å². The van der Waals surface area contributed by atoms with E-state index < -0.39 is 0 Å². The van der Waals surface area contributed by atoms with E-state index in [2.05, 4.69) is 35.8 Å². The first-order valence-corrected chi connectivity index (χ1v) is 8.85. The van der Waals surface area contributed by atoms with Gasteiger partial charge in [-0.3, -0.25) is 4.68 Å². The Hall–Kier alpha value is -1.89. The summed E-state index contributed by atoms with van der Waals surface area (Å²) in [6.45, 7) is 8.21. The molecule has 0 aliphatic carbocycles. The Morgan fingerprint density at radius 2 is 2.12 bits per heavy atom. The van der Waals surface area contributed by atoms with E-state index in [1.54, 1.807) is 10.9 Å². The zero-order valence-corrected chi connectivity index (χ0v) is 15.1. The maximum atomic E-state index is 6.28. The molecule has 3 heterocycles. The van der Waals surface area contributed by atoms with Gasteiger partial charge in [-0.25, -0.2) is 0 Å². The predicted octanol–water partition coefficient (Wildman–Crippen LogP) is 2.37. The lowest BCUT2D eigenvalue weighted by Gasteiger charge is -2.40. The number of morpholine rings is 1. The zero-order valence-electron chi connectivity index (χ0n) is 15.1. The van der Waals surface area contributed by atoms with Crippen molar-refractivity contribution in [2.75, 3.05) is 23.7 Å². The van der Waals surface area contributed by atoms with Crippen molar-refractivity contribution in [1.82, 2.24) is 19.7 Å². The Bertz CT molecular complexity index is 698. The molecule has 7 nitrogen and oxygen atoms in total. The van der Waals surface area contributed by atoms with Crippen molar-refractivity contribution in [2.24, 2.45) is 13.0 Å². The normalized spacial score (nSPS) is 21.8. The molecule has 1 fully saturated rings. The van der Waals surface area contributed by atoms with Crippen LogP contribution in [0, 0.1) is 5.92 Å². The number of fused-ring (bicyclic) bond motifs is 1. The Morgan fingerprint density at radius 1 is 1.33 bits per heavy atom. The monoisotopic (exact) mass is 332 g/mol. The maximum absolute atomic E-state index is 6.28. The highest BCUT2D eigenvalue weighted by atomic mass is 16.5. The molecule has 2 aromatic heterocycles. The summed E-state index contributed by atoms with van der Waals surface area (Å²) in [7, 11) is 1.87. The van der Waals surface area contributed by atoms with Gasteiger partial charge in [-0.1, -0.05) is 33.6 Å². The van der Waals surface area contributed by atoms with Gasteiger partial charge in [-0.2, -0.15) is 15.1 Å². The van der Waals surface area contributed by atoms with Crippen LogP contribution in [0.25, 0.3) is 11.0 Å². The molecule has 2 aromatic rings. The minimum atomic E-state index is 0.188. The smallest absolute Gasteiger partial charge is 0.229 e. The Kier molecular flexibility index (Phi) is 4.89. The summed E-state index contributed by atoms with van der Waals surface area (Å²) in [5.41, 5.74) is 6.90. The van der Waals surface area contributed by atoms with E-state index >= 15 is 0 Å². The average Bonchev–Trinajstić information content (AvgIpc) is 2.94. The number of nitrogens with zero attached hydrogens (tertiary/aromatic N) is 5. The van der Waals surface area contributed by atoms with Gasteiger partial charge in [0, 0.05) is 20.1 Å². The molecule has 0 bridgehead atoms. The van der Waals surface area contributed by atoms with Crippen LogP contribution in [0.2, 0.25) is 0 Å². The highest BCUT2D eigenvalue weighted by Gasteiger charge is 2.31. The first kappa shape index (κ1) is 17.0. The Morgan fingerprint density at radius 3 is 2.83 bits per heavy atom. The third kappa shape index (κ3) is 3.31. The highest BCUT2D eigenvalue weighted by molar-refractivity contribution is 5.86. The topological polar surface area (TPSA) is 82.1 Å². The van der Waals surface area contributed by atoms with Crippen LogP contribution in [0.5, 0.6) is 0 Å². The number of aryl methyl sites for hydroxylation is 1. The minimum Gasteiger partial charge on any atom is -0.383 e. The summed E-state index contributed by atoms with van der Waals surface area (Å²) >= 11 is 0. The van der Waals surface area contributed by atoms with Gasteiger partial charge in [-0.15, -0.1) is 0 Å². The Labute approximate surface area is 143 Å². The maximum Gasteiger partial charge on any atom is 0.229 e. The molecule has 2 atom stereocenters. The van der Waals surface area contributed by atoms with Gasteiger partial charge in [0.05, 0.1) is 23.8 Å². The first-order valence-electron chi connectivity index (χ1n) is 8.85. The van der Waals surface area contributed by atoms with Crippen LogP contribution in [0.15, 0.2) is 6.20 Å². The van der Waals surface area contributed by atoms with Gasteiger partial charge in [0.15, 0.2) is 5.65 Å². The molecule has 2 N–H and O–H groups in total. The molecule has 7 heteroatoms.